The van der Waals surface area contributed by atoms with Crippen molar-refractivity contribution in [3.63, 3.8) is 0 Å². The van der Waals surface area contributed by atoms with Gasteiger partial charge in [0.15, 0.2) is 0 Å². The zero-order chi connectivity index (χ0) is 13.3. The number of para-hydroxylation sites is 1. The van der Waals surface area contributed by atoms with E-state index in [0.717, 1.165) is 24.0 Å². The van der Waals surface area contributed by atoms with E-state index in [1.807, 2.05) is 0 Å². The van der Waals surface area contributed by atoms with Gasteiger partial charge in [0, 0.05) is 17.4 Å². The first kappa shape index (κ1) is 11.6. The summed E-state index contributed by atoms with van der Waals surface area (Å²) in [5.74, 6) is 2.60. The summed E-state index contributed by atoms with van der Waals surface area (Å²) in [4.78, 5) is 0. The van der Waals surface area contributed by atoms with Crippen LogP contribution in [0.4, 0.5) is 0 Å². The van der Waals surface area contributed by atoms with Crippen LogP contribution in [0.15, 0.2) is 30.8 Å². The van der Waals surface area contributed by atoms with Crippen molar-refractivity contribution in [3.05, 3.63) is 36.4 Å². The third-order valence-corrected chi connectivity index (χ3v) is 6.24. The Morgan fingerprint density at radius 1 is 1.16 bits per heavy atom. The maximum absolute atomic E-state index is 6.64. The second kappa shape index (κ2) is 3.45. The van der Waals surface area contributed by atoms with Gasteiger partial charge in [-0.1, -0.05) is 38.6 Å². The third-order valence-electron chi connectivity index (χ3n) is 6.24. The van der Waals surface area contributed by atoms with Crippen LogP contribution in [0.1, 0.15) is 45.1 Å². The first-order valence-electron chi connectivity index (χ1n) is 7.51. The molecule has 2 aliphatic carbocycles. The predicted octanol–water partition coefficient (Wildman–Crippen LogP) is 4.68. The van der Waals surface area contributed by atoms with Crippen LogP contribution in [0.3, 0.4) is 0 Å². The topological polar surface area (TPSA) is 9.23 Å². The number of fused-ring (bicyclic) bond motifs is 4. The highest BCUT2D eigenvalue weighted by molar-refractivity contribution is 5.71. The highest BCUT2D eigenvalue weighted by Crippen LogP contribution is 2.66. The third kappa shape index (κ3) is 1.26. The maximum atomic E-state index is 6.64. The van der Waals surface area contributed by atoms with Crippen LogP contribution in [-0.4, -0.2) is 5.60 Å². The molecule has 3 aliphatic rings. The number of rotatable bonds is 0. The van der Waals surface area contributed by atoms with Crippen LogP contribution in [-0.2, 0) is 0 Å². The Morgan fingerprint density at radius 3 is 2.63 bits per heavy atom. The summed E-state index contributed by atoms with van der Waals surface area (Å²) in [5.41, 5.74) is 2.75. The molecule has 4 rings (SSSR count). The summed E-state index contributed by atoms with van der Waals surface area (Å²) in [5, 5.41) is 0. The van der Waals surface area contributed by atoms with E-state index in [-0.39, 0.29) is 11.0 Å². The fourth-order valence-corrected chi connectivity index (χ4v) is 5.01. The molecule has 1 spiro atoms. The fraction of sp³-hybridized carbons (Fsp3) is 0.556. The van der Waals surface area contributed by atoms with Gasteiger partial charge in [0.25, 0.3) is 0 Å². The van der Waals surface area contributed by atoms with Gasteiger partial charge >= 0.3 is 0 Å². The van der Waals surface area contributed by atoms with Crippen molar-refractivity contribution in [2.24, 2.45) is 17.3 Å². The highest BCUT2D eigenvalue weighted by Gasteiger charge is 2.65. The predicted molar refractivity (Wildman–Crippen MR) is 78.1 cm³/mol. The van der Waals surface area contributed by atoms with E-state index >= 15 is 0 Å². The lowest BCUT2D eigenvalue weighted by atomic mass is 9.62. The van der Waals surface area contributed by atoms with Crippen LogP contribution in [0.5, 0.6) is 5.75 Å². The van der Waals surface area contributed by atoms with Gasteiger partial charge in [-0.25, -0.2) is 0 Å². The summed E-state index contributed by atoms with van der Waals surface area (Å²) in [6.07, 6.45) is 5.08. The van der Waals surface area contributed by atoms with Gasteiger partial charge in [-0.05, 0) is 42.7 Å². The van der Waals surface area contributed by atoms with Gasteiger partial charge in [-0.15, -0.1) is 0 Å². The van der Waals surface area contributed by atoms with E-state index in [9.17, 15) is 0 Å². The van der Waals surface area contributed by atoms with E-state index in [1.165, 1.54) is 30.4 Å². The average Bonchev–Trinajstić information content (AvgIpc) is 2.93. The van der Waals surface area contributed by atoms with Gasteiger partial charge in [0.05, 0.1) is 0 Å². The van der Waals surface area contributed by atoms with Crippen molar-refractivity contribution in [2.75, 3.05) is 0 Å². The Labute approximate surface area is 115 Å². The molecule has 2 fully saturated rings. The Balaban J connectivity index is 1.85. The smallest absolute Gasteiger partial charge is 0.127 e. The van der Waals surface area contributed by atoms with Crippen molar-refractivity contribution in [2.45, 2.75) is 45.1 Å². The van der Waals surface area contributed by atoms with Gasteiger partial charge in [-0.3, -0.25) is 0 Å². The molecular formula is C18H22O. The van der Waals surface area contributed by atoms with Gasteiger partial charge < -0.3 is 4.74 Å². The second-order valence-electron chi connectivity index (χ2n) is 7.20. The minimum atomic E-state index is 0.00134. The summed E-state index contributed by atoms with van der Waals surface area (Å²) >= 11 is 0. The van der Waals surface area contributed by atoms with Gasteiger partial charge in [0.1, 0.15) is 11.4 Å². The number of hydrogen-bond donors (Lipinski definition) is 0. The summed E-state index contributed by atoms with van der Waals surface area (Å²) in [7, 11) is 0. The van der Waals surface area contributed by atoms with Crippen molar-refractivity contribution < 1.29 is 4.74 Å². The summed E-state index contributed by atoms with van der Waals surface area (Å²) in [6.45, 7) is 9.17. The van der Waals surface area contributed by atoms with Crippen LogP contribution < -0.4 is 4.74 Å². The largest absolute Gasteiger partial charge is 0.485 e. The molecule has 2 unspecified atom stereocenters. The lowest BCUT2D eigenvalue weighted by molar-refractivity contribution is -0.0836. The minimum absolute atomic E-state index is 0.00134. The Kier molecular flexibility index (Phi) is 2.10. The molecule has 0 amide bonds. The van der Waals surface area contributed by atoms with E-state index in [0.29, 0.717) is 0 Å². The first-order valence-corrected chi connectivity index (χ1v) is 7.51. The molecule has 100 valence electrons. The Bertz CT molecular complexity index is 557. The normalized spacial score (nSPS) is 38.3. The lowest BCUT2D eigenvalue weighted by Gasteiger charge is -2.52. The summed E-state index contributed by atoms with van der Waals surface area (Å²) < 4.78 is 6.64. The zero-order valence-electron chi connectivity index (χ0n) is 11.9. The van der Waals surface area contributed by atoms with Crippen molar-refractivity contribution in [1.82, 2.24) is 0 Å². The molecule has 3 atom stereocenters. The monoisotopic (exact) mass is 254 g/mol. The second-order valence-corrected chi connectivity index (χ2v) is 7.20. The molecule has 1 heterocycles. The molecule has 2 saturated carbocycles. The molecule has 1 aromatic carbocycles. The molecule has 19 heavy (non-hydrogen) atoms. The molecule has 0 radical (unpaired) electrons. The summed E-state index contributed by atoms with van der Waals surface area (Å²) in [6, 6.07) is 8.41. The van der Waals surface area contributed by atoms with Crippen molar-refractivity contribution in [3.8, 4) is 5.75 Å². The number of ether oxygens (including phenoxy) is 1. The first-order chi connectivity index (χ1) is 9.04. The van der Waals surface area contributed by atoms with E-state index < -0.39 is 0 Å². The molecule has 1 aliphatic heterocycles. The average molecular weight is 254 g/mol. The SMILES string of the molecule is C=C1C[C@@]2(Oc3ccccc31)C1CCC(C1)C2(C)C. The highest BCUT2D eigenvalue weighted by atomic mass is 16.5. The molecular weight excluding hydrogens is 232 g/mol. The Hall–Kier alpha value is -1.24. The van der Waals surface area contributed by atoms with Crippen LogP contribution in [0, 0.1) is 17.3 Å². The molecule has 0 N–H and O–H groups in total. The lowest BCUT2D eigenvalue weighted by Crippen LogP contribution is -2.55. The van der Waals surface area contributed by atoms with Crippen molar-refractivity contribution in [1.29, 1.82) is 0 Å². The molecule has 0 aromatic heterocycles. The van der Waals surface area contributed by atoms with Crippen LogP contribution in [0.2, 0.25) is 0 Å². The standard InChI is InChI=1S/C18H22O/c1-12-11-18(19-16-7-5-4-6-15(12)16)14-9-8-13(10-14)17(18,2)3/h4-7,13-14H,1,8-11H2,2-3H3/t13?,14?,18-/m1/s1. The molecule has 1 aromatic rings. The van der Waals surface area contributed by atoms with Crippen LogP contribution >= 0.6 is 0 Å². The van der Waals surface area contributed by atoms with E-state index in [4.69, 9.17) is 4.74 Å². The van der Waals surface area contributed by atoms with Gasteiger partial charge in [-0.2, -0.15) is 0 Å². The fourth-order valence-electron chi connectivity index (χ4n) is 5.01. The van der Waals surface area contributed by atoms with E-state index in [2.05, 4.69) is 44.7 Å². The zero-order valence-corrected chi connectivity index (χ0v) is 11.9. The maximum Gasteiger partial charge on any atom is 0.127 e. The Morgan fingerprint density at radius 2 is 1.89 bits per heavy atom. The quantitative estimate of drug-likeness (QED) is 0.653. The molecule has 0 saturated heterocycles. The number of benzene rings is 1. The molecule has 2 bridgehead atoms. The molecule has 1 heteroatoms. The molecule has 1 nitrogen and oxygen atoms in total. The van der Waals surface area contributed by atoms with Crippen molar-refractivity contribution >= 4 is 5.57 Å². The van der Waals surface area contributed by atoms with E-state index in [1.54, 1.807) is 0 Å². The minimum Gasteiger partial charge on any atom is -0.485 e. The van der Waals surface area contributed by atoms with Crippen LogP contribution in [0.25, 0.3) is 5.57 Å². The number of hydrogen-bond acceptors (Lipinski definition) is 1. The van der Waals surface area contributed by atoms with Gasteiger partial charge in [0.2, 0.25) is 0 Å².